The third kappa shape index (κ3) is 4.83. The highest BCUT2D eigenvalue weighted by Gasteiger charge is 2.03. The predicted molar refractivity (Wildman–Crippen MR) is 101 cm³/mol. The van der Waals surface area contributed by atoms with Gasteiger partial charge in [-0.15, -0.1) is 5.10 Å². The van der Waals surface area contributed by atoms with Crippen molar-refractivity contribution in [2.45, 2.75) is 13.0 Å². The molecule has 3 rings (SSSR count). The summed E-state index contributed by atoms with van der Waals surface area (Å²) in [6.07, 6.45) is 2.73. The smallest absolute Gasteiger partial charge is 0.188 e. The molecule has 0 fully saturated rings. The van der Waals surface area contributed by atoms with Gasteiger partial charge in [-0.1, -0.05) is 35.5 Å². The number of nitrogens with zero attached hydrogens (tertiary/aromatic N) is 4. The zero-order valence-corrected chi connectivity index (χ0v) is 14.7. The second-order valence-corrected chi connectivity index (χ2v) is 5.72. The van der Waals surface area contributed by atoms with Gasteiger partial charge in [-0.2, -0.15) is 0 Å². The van der Waals surface area contributed by atoms with Crippen LogP contribution in [-0.4, -0.2) is 34.6 Å². The van der Waals surface area contributed by atoms with Crippen molar-refractivity contribution in [2.75, 3.05) is 13.7 Å². The first-order valence-electron chi connectivity index (χ1n) is 8.38. The highest BCUT2D eigenvalue weighted by Crippen LogP contribution is 2.14. The Labute approximate surface area is 152 Å². The fourth-order valence-corrected chi connectivity index (χ4v) is 2.43. The van der Waals surface area contributed by atoms with Gasteiger partial charge in [-0.05, 0) is 36.2 Å². The van der Waals surface area contributed by atoms with Crippen LogP contribution in [0, 0.1) is 0 Å². The van der Waals surface area contributed by atoms with Gasteiger partial charge >= 0.3 is 0 Å². The number of methoxy groups -OCH3 is 1. The second-order valence-electron chi connectivity index (χ2n) is 5.72. The summed E-state index contributed by atoms with van der Waals surface area (Å²) in [7, 11) is 1.64. The van der Waals surface area contributed by atoms with Crippen molar-refractivity contribution in [1.82, 2.24) is 20.3 Å². The van der Waals surface area contributed by atoms with E-state index in [4.69, 9.17) is 10.5 Å². The molecule has 3 aromatic rings. The van der Waals surface area contributed by atoms with Crippen molar-refractivity contribution >= 4 is 5.96 Å². The number of benzene rings is 2. The topological polar surface area (TPSA) is 90.3 Å². The maximum atomic E-state index is 5.91. The number of nitrogens with one attached hydrogen (secondary N) is 1. The van der Waals surface area contributed by atoms with E-state index < -0.39 is 0 Å². The zero-order chi connectivity index (χ0) is 18.2. The van der Waals surface area contributed by atoms with Crippen LogP contribution in [0.3, 0.4) is 0 Å². The molecule has 0 aliphatic rings. The lowest BCUT2D eigenvalue weighted by atomic mass is 10.1. The molecule has 3 N–H and O–H groups in total. The number of nitrogens with two attached hydrogens (primary N) is 1. The molecule has 0 saturated carbocycles. The molecule has 0 aliphatic heterocycles. The number of rotatable bonds is 7. The number of ether oxygens (including phenoxy) is 1. The number of aliphatic imine (C=N–C) groups is 1. The molecule has 1 heterocycles. The molecule has 7 heteroatoms. The first kappa shape index (κ1) is 17.5. The Kier molecular flexibility index (Phi) is 5.82. The zero-order valence-electron chi connectivity index (χ0n) is 14.7. The van der Waals surface area contributed by atoms with Crippen LogP contribution in [0.15, 0.2) is 65.8 Å². The summed E-state index contributed by atoms with van der Waals surface area (Å²) in [5, 5.41) is 11.4. The largest absolute Gasteiger partial charge is 0.497 e. The summed E-state index contributed by atoms with van der Waals surface area (Å²) < 4.78 is 6.85. The van der Waals surface area contributed by atoms with Crippen molar-refractivity contribution < 1.29 is 4.74 Å². The molecule has 134 valence electrons. The van der Waals surface area contributed by atoms with Crippen LogP contribution >= 0.6 is 0 Å². The summed E-state index contributed by atoms with van der Waals surface area (Å²) >= 11 is 0. The van der Waals surface area contributed by atoms with E-state index in [0.29, 0.717) is 12.5 Å². The molecule has 0 aliphatic carbocycles. The van der Waals surface area contributed by atoms with Gasteiger partial charge < -0.3 is 15.8 Å². The van der Waals surface area contributed by atoms with E-state index in [1.165, 1.54) is 5.56 Å². The van der Waals surface area contributed by atoms with E-state index in [2.05, 4.69) is 32.8 Å². The van der Waals surface area contributed by atoms with Gasteiger partial charge in [0.15, 0.2) is 5.96 Å². The molecule has 1 aromatic heterocycles. The van der Waals surface area contributed by atoms with Gasteiger partial charge in [-0.3, -0.25) is 0 Å². The third-order valence-electron chi connectivity index (χ3n) is 3.85. The monoisotopic (exact) mass is 350 g/mol. The number of aromatic nitrogens is 3. The van der Waals surface area contributed by atoms with Crippen molar-refractivity contribution in [2.24, 2.45) is 10.7 Å². The quantitative estimate of drug-likeness (QED) is 0.502. The molecule has 0 spiro atoms. The van der Waals surface area contributed by atoms with Crippen molar-refractivity contribution in [3.05, 3.63) is 72.1 Å². The maximum Gasteiger partial charge on any atom is 0.188 e. The third-order valence-corrected chi connectivity index (χ3v) is 3.85. The molecule has 0 radical (unpaired) electrons. The van der Waals surface area contributed by atoms with Crippen LogP contribution in [0.4, 0.5) is 0 Å². The van der Waals surface area contributed by atoms with E-state index in [1.807, 2.05) is 48.7 Å². The fourth-order valence-electron chi connectivity index (χ4n) is 2.43. The minimum absolute atomic E-state index is 0.375. The van der Waals surface area contributed by atoms with Crippen LogP contribution in [0.2, 0.25) is 0 Å². The molecular weight excluding hydrogens is 328 g/mol. The molecular formula is C19H22N6O. The normalized spacial score (nSPS) is 11.3. The lowest BCUT2D eigenvalue weighted by Gasteiger charge is -2.05. The second kappa shape index (κ2) is 8.66. The van der Waals surface area contributed by atoms with E-state index in [1.54, 1.807) is 11.8 Å². The van der Waals surface area contributed by atoms with Gasteiger partial charge in [0.05, 0.1) is 25.5 Å². The van der Waals surface area contributed by atoms with Gasteiger partial charge in [-0.25, -0.2) is 9.67 Å². The standard InChI is InChI=1S/C19H22N6O/c1-26-18-9-7-17(8-10-18)25-14-16(23-24-25)13-22-19(20)21-12-11-15-5-3-2-4-6-15/h2-10,14H,11-13H2,1H3,(H3,20,21,22). The molecule has 7 nitrogen and oxygen atoms in total. The minimum atomic E-state index is 0.375. The van der Waals surface area contributed by atoms with Gasteiger partial charge in [0.25, 0.3) is 0 Å². The van der Waals surface area contributed by atoms with Crippen LogP contribution < -0.4 is 15.8 Å². The summed E-state index contributed by atoms with van der Waals surface area (Å²) in [6.45, 7) is 1.11. The van der Waals surface area contributed by atoms with Crippen molar-refractivity contribution in [3.8, 4) is 11.4 Å². The molecule has 0 atom stereocenters. The van der Waals surface area contributed by atoms with Crippen LogP contribution in [0.5, 0.6) is 5.75 Å². The Balaban J connectivity index is 1.50. The molecule has 26 heavy (non-hydrogen) atoms. The maximum absolute atomic E-state index is 5.91. The van der Waals surface area contributed by atoms with Gasteiger partial charge in [0.2, 0.25) is 0 Å². The number of guanidine groups is 1. The minimum Gasteiger partial charge on any atom is -0.497 e. The summed E-state index contributed by atoms with van der Waals surface area (Å²) in [4.78, 5) is 4.31. The Morgan fingerprint density at radius 1 is 1.15 bits per heavy atom. The highest BCUT2D eigenvalue weighted by molar-refractivity contribution is 5.77. The summed E-state index contributed by atoms with van der Waals surface area (Å²) in [5.74, 6) is 1.20. The Morgan fingerprint density at radius 3 is 2.65 bits per heavy atom. The number of hydrogen-bond acceptors (Lipinski definition) is 4. The molecule has 0 bridgehead atoms. The Morgan fingerprint density at radius 2 is 1.92 bits per heavy atom. The predicted octanol–water partition coefficient (Wildman–Crippen LogP) is 1.92. The van der Waals surface area contributed by atoms with E-state index >= 15 is 0 Å². The first-order chi connectivity index (χ1) is 12.7. The van der Waals surface area contributed by atoms with E-state index in [9.17, 15) is 0 Å². The van der Waals surface area contributed by atoms with Crippen molar-refractivity contribution in [1.29, 1.82) is 0 Å². The van der Waals surface area contributed by atoms with Gasteiger partial charge in [0.1, 0.15) is 11.4 Å². The first-order valence-corrected chi connectivity index (χ1v) is 8.38. The lowest BCUT2D eigenvalue weighted by molar-refractivity contribution is 0.414. The van der Waals surface area contributed by atoms with Gasteiger partial charge in [0, 0.05) is 6.54 Å². The number of hydrogen-bond donors (Lipinski definition) is 2. The molecule has 0 saturated heterocycles. The van der Waals surface area contributed by atoms with E-state index in [0.717, 1.165) is 30.1 Å². The lowest BCUT2D eigenvalue weighted by Crippen LogP contribution is -2.33. The van der Waals surface area contributed by atoms with Crippen LogP contribution in [-0.2, 0) is 13.0 Å². The highest BCUT2D eigenvalue weighted by atomic mass is 16.5. The average Bonchev–Trinajstić information content (AvgIpc) is 3.16. The van der Waals surface area contributed by atoms with Crippen LogP contribution in [0.25, 0.3) is 5.69 Å². The fraction of sp³-hybridized carbons (Fsp3) is 0.211. The average molecular weight is 350 g/mol. The molecule has 0 unspecified atom stereocenters. The SMILES string of the molecule is COc1ccc(-n2cc(CN=C(N)NCCc3ccccc3)nn2)cc1. The Bertz CT molecular complexity index is 842. The molecule has 2 aromatic carbocycles. The Hall–Kier alpha value is -3.35. The summed E-state index contributed by atoms with van der Waals surface area (Å²) in [5.41, 5.74) is 8.81. The van der Waals surface area contributed by atoms with E-state index in [-0.39, 0.29) is 0 Å². The van der Waals surface area contributed by atoms with Crippen molar-refractivity contribution in [3.63, 3.8) is 0 Å². The van der Waals surface area contributed by atoms with Crippen LogP contribution in [0.1, 0.15) is 11.3 Å². The molecule has 0 amide bonds. The summed E-state index contributed by atoms with van der Waals surface area (Å²) in [6, 6.07) is 17.8.